The number of benzene rings is 2. The fourth-order valence-electron chi connectivity index (χ4n) is 3.60. The quantitative estimate of drug-likeness (QED) is 0.714. The van der Waals surface area contributed by atoms with Crippen molar-refractivity contribution < 1.29 is 9.18 Å². The molecule has 3 aromatic rings. The predicted molar refractivity (Wildman–Crippen MR) is 108 cm³/mol. The Kier molecular flexibility index (Phi) is 5.37. The minimum Gasteiger partial charge on any atom is -0.355 e. The second-order valence-electron chi connectivity index (χ2n) is 7.14. The van der Waals surface area contributed by atoms with Crippen molar-refractivity contribution in [3.8, 4) is 11.3 Å². The van der Waals surface area contributed by atoms with E-state index in [1.54, 1.807) is 12.1 Å². The second-order valence-corrected chi connectivity index (χ2v) is 7.14. The van der Waals surface area contributed by atoms with Gasteiger partial charge in [-0.2, -0.15) is 5.10 Å². The highest BCUT2D eigenvalue weighted by atomic mass is 19.1. The van der Waals surface area contributed by atoms with E-state index in [1.807, 2.05) is 18.2 Å². The molecule has 4 rings (SSSR count). The van der Waals surface area contributed by atoms with Crippen LogP contribution in [0.5, 0.6) is 0 Å². The molecule has 1 aliphatic heterocycles. The van der Waals surface area contributed by atoms with Crippen LogP contribution in [0.15, 0.2) is 60.7 Å². The number of piperidine rings is 1. The highest BCUT2D eigenvalue weighted by molar-refractivity contribution is 5.78. The molecule has 5 nitrogen and oxygen atoms in total. The molecule has 1 amide bonds. The van der Waals surface area contributed by atoms with Gasteiger partial charge in [0.15, 0.2) is 5.82 Å². The normalized spacial score (nSPS) is 14.8. The van der Waals surface area contributed by atoms with E-state index in [1.165, 1.54) is 12.1 Å². The van der Waals surface area contributed by atoms with Crippen molar-refractivity contribution in [3.63, 3.8) is 0 Å². The van der Waals surface area contributed by atoms with Gasteiger partial charge in [-0.3, -0.25) is 9.89 Å². The SMILES string of the molecule is O=C(Cc1cccc(F)c1)NC1CCN(c2cc(-c3ccccc3)[nH]n2)CC1. The van der Waals surface area contributed by atoms with E-state index in [-0.39, 0.29) is 24.2 Å². The molecule has 144 valence electrons. The van der Waals surface area contributed by atoms with Crippen LogP contribution in [0.3, 0.4) is 0 Å². The number of aromatic nitrogens is 2. The maximum absolute atomic E-state index is 13.2. The molecule has 1 saturated heterocycles. The molecule has 0 bridgehead atoms. The number of nitrogens with one attached hydrogen (secondary N) is 2. The van der Waals surface area contributed by atoms with E-state index in [4.69, 9.17) is 0 Å². The van der Waals surface area contributed by atoms with Gasteiger partial charge in [0.1, 0.15) is 5.82 Å². The van der Waals surface area contributed by atoms with Crippen molar-refractivity contribution in [1.82, 2.24) is 15.5 Å². The smallest absolute Gasteiger partial charge is 0.224 e. The molecular formula is C22H23FN4O. The number of anilines is 1. The Morgan fingerprint density at radius 2 is 1.89 bits per heavy atom. The highest BCUT2D eigenvalue weighted by Gasteiger charge is 2.22. The molecule has 1 aromatic heterocycles. The first-order valence-electron chi connectivity index (χ1n) is 9.57. The van der Waals surface area contributed by atoms with E-state index in [0.717, 1.165) is 43.0 Å². The number of nitrogens with zero attached hydrogens (tertiary/aromatic N) is 2. The monoisotopic (exact) mass is 378 g/mol. The Morgan fingerprint density at radius 1 is 1.11 bits per heavy atom. The van der Waals surface area contributed by atoms with E-state index >= 15 is 0 Å². The minimum atomic E-state index is -0.313. The van der Waals surface area contributed by atoms with Gasteiger partial charge in [-0.15, -0.1) is 0 Å². The maximum Gasteiger partial charge on any atom is 0.224 e. The Balaban J connectivity index is 1.29. The summed E-state index contributed by atoms with van der Waals surface area (Å²) in [5.41, 5.74) is 2.81. The number of H-pyrrole nitrogens is 1. The fraction of sp³-hybridized carbons (Fsp3) is 0.273. The van der Waals surface area contributed by atoms with Gasteiger partial charge in [0, 0.05) is 25.2 Å². The van der Waals surface area contributed by atoms with Crippen molar-refractivity contribution in [2.45, 2.75) is 25.3 Å². The van der Waals surface area contributed by atoms with Crippen molar-refractivity contribution in [1.29, 1.82) is 0 Å². The van der Waals surface area contributed by atoms with Crippen molar-refractivity contribution >= 4 is 11.7 Å². The largest absolute Gasteiger partial charge is 0.355 e. The molecule has 0 atom stereocenters. The lowest BCUT2D eigenvalue weighted by molar-refractivity contribution is -0.121. The van der Waals surface area contributed by atoms with Crippen LogP contribution < -0.4 is 10.2 Å². The Bertz CT molecular complexity index is 932. The van der Waals surface area contributed by atoms with Gasteiger partial charge in [-0.05, 0) is 36.1 Å². The van der Waals surface area contributed by atoms with Crippen molar-refractivity contribution in [3.05, 3.63) is 72.0 Å². The molecular weight excluding hydrogens is 355 g/mol. The number of carbonyl (C=O) groups excluding carboxylic acids is 1. The lowest BCUT2D eigenvalue weighted by Gasteiger charge is -2.32. The third-order valence-electron chi connectivity index (χ3n) is 5.09. The highest BCUT2D eigenvalue weighted by Crippen LogP contribution is 2.24. The Hall–Kier alpha value is -3.15. The zero-order chi connectivity index (χ0) is 19.3. The van der Waals surface area contributed by atoms with Gasteiger partial charge < -0.3 is 10.2 Å². The molecule has 2 aromatic carbocycles. The van der Waals surface area contributed by atoms with E-state index in [2.05, 4.69) is 38.6 Å². The maximum atomic E-state index is 13.2. The minimum absolute atomic E-state index is 0.0600. The summed E-state index contributed by atoms with van der Waals surface area (Å²) < 4.78 is 13.2. The van der Waals surface area contributed by atoms with Crippen LogP contribution in [0.2, 0.25) is 0 Å². The molecule has 0 saturated carbocycles. The lowest BCUT2D eigenvalue weighted by Crippen LogP contribution is -2.45. The number of hydrogen-bond donors (Lipinski definition) is 2. The van der Waals surface area contributed by atoms with Crippen LogP contribution in [0.4, 0.5) is 10.2 Å². The average molecular weight is 378 g/mol. The van der Waals surface area contributed by atoms with Crippen LogP contribution in [0, 0.1) is 5.82 Å². The summed E-state index contributed by atoms with van der Waals surface area (Å²) in [7, 11) is 0. The molecule has 0 radical (unpaired) electrons. The standard InChI is InChI=1S/C22H23FN4O/c23-18-8-4-5-16(13-18)14-22(28)24-19-9-11-27(12-10-19)21-15-20(25-26-21)17-6-2-1-3-7-17/h1-8,13,15,19H,9-12,14H2,(H,24,28)(H,25,26). The number of hydrogen-bond acceptors (Lipinski definition) is 3. The fourth-order valence-corrected chi connectivity index (χ4v) is 3.60. The summed E-state index contributed by atoms with van der Waals surface area (Å²) in [4.78, 5) is 14.5. The van der Waals surface area contributed by atoms with Crippen molar-refractivity contribution in [2.75, 3.05) is 18.0 Å². The third kappa shape index (κ3) is 4.39. The van der Waals surface area contributed by atoms with Gasteiger partial charge in [0.2, 0.25) is 5.91 Å². The van der Waals surface area contributed by atoms with Crippen LogP contribution in [0.1, 0.15) is 18.4 Å². The number of amides is 1. The zero-order valence-electron chi connectivity index (χ0n) is 15.6. The first kappa shape index (κ1) is 18.2. The molecule has 6 heteroatoms. The summed E-state index contributed by atoms with van der Waals surface area (Å²) >= 11 is 0. The summed E-state index contributed by atoms with van der Waals surface area (Å²) in [5.74, 6) is 0.561. The van der Waals surface area contributed by atoms with E-state index < -0.39 is 0 Å². The predicted octanol–water partition coefficient (Wildman–Crippen LogP) is 3.54. The van der Waals surface area contributed by atoms with Crippen LogP contribution in [-0.4, -0.2) is 35.2 Å². The van der Waals surface area contributed by atoms with Gasteiger partial charge in [-0.1, -0.05) is 42.5 Å². The van der Waals surface area contributed by atoms with Crippen LogP contribution >= 0.6 is 0 Å². The van der Waals surface area contributed by atoms with Crippen LogP contribution in [-0.2, 0) is 11.2 Å². The number of aromatic amines is 1. The molecule has 1 fully saturated rings. The molecule has 28 heavy (non-hydrogen) atoms. The molecule has 1 aliphatic rings. The number of carbonyl (C=O) groups is 1. The number of rotatable bonds is 5. The Morgan fingerprint density at radius 3 is 2.64 bits per heavy atom. The van der Waals surface area contributed by atoms with Crippen molar-refractivity contribution in [2.24, 2.45) is 0 Å². The summed E-state index contributed by atoms with van der Waals surface area (Å²) in [6, 6.07) is 18.5. The van der Waals surface area contributed by atoms with Crippen LogP contribution in [0.25, 0.3) is 11.3 Å². The number of halogens is 1. The molecule has 0 aliphatic carbocycles. The first-order chi connectivity index (χ1) is 13.7. The third-order valence-corrected chi connectivity index (χ3v) is 5.09. The first-order valence-corrected chi connectivity index (χ1v) is 9.57. The van der Waals surface area contributed by atoms with Gasteiger partial charge in [0.25, 0.3) is 0 Å². The zero-order valence-corrected chi connectivity index (χ0v) is 15.6. The summed E-state index contributed by atoms with van der Waals surface area (Å²) in [5, 5.41) is 10.6. The average Bonchev–Trinajstić information content (AvgIpc) is 3.19. The second kappa shape index (κ2) is 8.25. The Labute approximate surface area is 163 Å². The topological polar surface area (TPSA) is 61.0 Å². The van der Waals surface area contributed by atoms with E-state index in [0.29, 0.717) is 5.56 Å². The van der Waals surface area contributed by atoms with E-state index in [9.17, 15) is 9.18 Å². The van der Waals surface area contributed by atoms with Gasteiger partial charge >= 0.3 is 0 Å². The summed E-state index contributed by atoms with van der Waals surface area (Å²) in [6.45, 7) is 1.67. The lowest BCUT2D eigenvalue weighted by atomic mass is 10.0. The van der Waals surface area contributed by atoms with Gasteiger partial charge in [0.05, 0.1) is 12.1 Å². The molecule has 2 heterocycles. The summed E-state index contributed by atoms with van der Waals surface area (Å²) in [6.07, 6.45) is 1.93. The molecule has 0 spiro atoms. The molecule has 2 N–H and O–H groups in total. The molecule has 0 unspecified atom stereocenters. The van der Waals surface area contributed by atoms with Gasteiger partial charge in [-0.25, -0.2) is 4.39 Å².